The van der Waals surface area contributed by atoms with Gasteiger partial charge >= 0.3 is 0 Å². The lowest BCUT2D eigenvalue weighted by atomic mass is 9.78. The molecule has 1 fully saturated rings. The lowest BCUT2D eigenvalue weighted by molar-refractivity contribution is 0.498. The van der Waals surface area contributed by atoms with E-state index in [-0.39, 0.29) is 5.41 Å². The molecule has 1 aliphatic carbocycles. The second-order valence-corrected chi connectivity index (χ2v) is 5.61. The molecule has 0 amide bonds. The molecule has 0 radical (unpaired) electrons. The minimum atomic E-state index is 0.0164. The Balaban J connectivity index is 1.98. The minimum Gasteiger partial charge on any atom is -0.330 e. The van der Waals surface area contributed by atoms with Crippen LogP contribution in [0.25, 0.3) is 0 Å². The van der Waals surface area contributed by atoms with Crippen molar-refractivity contribution in [2.45, 2.75) is 37.5 Å². The molecule has 20 heavy (non-hydrogen) atoms. The first kappa shape index (κ1) is 13.3. The van der Waals surface area contributed by atoms with Gasteiger partial charge in [0.2, 0.25) is 0 Å². The van der Waals surface area contributed by atoms with Gasteiger partial charge in [-0.15, -0.1) is 0 Å². The van der Waals surface area contributed by atoms with Gasteiger partial charge in [-0.05, 0) is 36.9 Å². The largest absolute Gasteiger partial charge is 0.330 e. The molecule has 3 heteroatoms. The summed E-state index contributed by atoms with van der Waals surface area (Å²) < 4.78 is 0. The Morgan fingerprint density at radius 3 is 2.25 bits per heavy atom. The van der Waals surface area contributed by atoms with Crippen LogP contribution in [0, 0.1) is 0 Å². The van der Waals surface area contributed by atoms with E-state index in [4.69, 9.17) is 5.73 Å². The normalized spacial score (nSPS) is 17.2. The Morgan fingerprint density at radius 1 is 1.00 bits per heavy atom. The SMILES string of the molecule is NCCc1cnc(C2(c3ccccc3)CCCC2)nc1. The molecule has 1 aliphatic rings. The summed E-state index contributed by atoms with van der Waals surface area (Å²) in [4.78, 5) is 9.32. The van der Waals surface area contributed by atoms with Crippen molar-refractivity contribution in [3.05, 3.63) is 59.7 Å². The van der Waals surface area contributed by atoms with Crippen LogP contribution < -0.4 is 5.73 Å². The third-order valence-electron chi connectivity index (χ3n) is 4.35. The number of nitrogens with two attached hydrogens (primary N) is 1. The number of hydrogen-bond acceptors (Lipinski definition) is 3. The molecule has 1 heterocycles. The van der Waals surface area contributed by atoms with Gasteiger partial charge in [0.05, 0.1) is 5.41 Å². The van der Waals surface area contributed by atoms with Crippen LogP contribution >= 0.6 is 0 Å². The maximum absolute atomic E-state index is 5.58. The lowest BCUT2D eigenvalue weighted by Gasteiger charge is -2.28. The Hall–Kier alpha value is -1.74. The van der Waals surface area contributed by atoms with Crippen molar-refractivity contribution >= 4 is 0 Å². The van der Waals surface area contributed by atoms with Gasteiger partial charge in [-0.25, -0.2) is 9.97 Å². The first-order chi connectivity index (χ1) is 9.85. The fourth-order valence-electron chi connectivity index (χ4n) is 3.27. The maximum atomic E-state index is 5.58. The number of aromatic nitrogens is 2. The zero-order chi connectivity index (χ0) is 13.8. The molecule has 1 saturated carbocycles. The van der Waals surface area contributed by atoms with E-state index in [2.05, 4.69) is 40.3 Å². The van der Waals surface area contributed by atoms with Gasteiger partial charge in [0.25, 0.3) is 0 Å². The highest BCUT2D eigenvalue weighted by molar-refractivity contribution is 5.34. The minimum absolute atomic E-state index is 0.0164. The van der Waals surface area contributed by atoms with Gasteiger partial charge in [0, 0.05) is 12.4 Å². The van der Waals surface area contributed by atoms with Gasteiger partial charge in [-0.3, -0.25) is 0 Å². The van der Waals surface area contributed by atoms with E-state index in [0.29, 0.717) is 6.54 Å². The summed E-state index contributed by atoms with van der Waals surface area (Å²) in [7, 11) is 0. The fraction of sp³-hybridized carbons (Fsp3) is 0.412. The summed E-state index contributed by atoms with van der Waals surface area (Å²) in [5.74, 6) is 0.974. The molecule has 1 aromatic heterocycles. The van der Waals surface area contributed by atoms with Crippen LogP contribution in [0.1, 0.15) is 42.6 Å². The standard InChI is InChI=1S/C17H21N3/c18-11-8-14-12-19-16(20-13-14)17(9-4-5-10-17)15-6-2-1-3-7-15/h1-3,6-7,12-13H,4-5,8-11,18H2. The molecule has 2 aromatic rings. The maximum Gasteiger partial charge on any atom is 0.138 e. The molecule has 0 spiro atoms. The Kier molecular flexibility index (Phi) is 3.79. The Labute approximate surface area is 120 Å². The fourth-order valence-corrected chi connectivity index (χ4v) is 3.27. The Bertz CT molecular complexity index is 542. The van der Waals surface area contributed by atoms with Crippen molar-refractivity contribution in [2.24, 2.45) is 5.73 Å². The van der Waals surface area contributed by atoms with E-state index in [0.717, 1.165) is 30.7 Å². The van der Waals surface area contributed by atoms with Crippen molar-refractivity contribution in [3.63, 3.8) is 0 Å². The molecule has 0 atom stereocenters. The molecule has 0 aliphatic heterocycles. The van der Waals surface area contributed by atoms with Crippen LogP contribution in [0.5, 0.6) is 0 Å². The number of benzene rings is 1. The highest BCUT2D eigenvalue weighted by atomic mass is 14.9. The summed E-state index contributed by atoms with van der Waals surface area (Å²) in [6.07, 6.45) is 9.53. The predicted molar refractivity (Wildman–Crippen MR) is 80.5 cm³/mol. The van der Waals surface area contributed by atoms with Crippen LogP contribution in [-0.4, -0.2) is 16.5 Å². The second kappa shape index (κ2) is 5.71. The molecule has 0 saturated heterocycles. The van der Waals surface area contributed by atoms with Crippen LogP contribution in [0.3, 0.4) is 0 Å². The van der Waals surface area contributed by atoms with Crippen LogP contribution in [0.4, 0.5) is 0 Å². The topological polar surface area (TPSA) is 51.8 Å². The van der Waals surface area contributed by atoms with E-state index < -0.39 is 0 Å². The van der Waals surface area contributed by atoms with Crippen LogP contribution in [-0.2, 0) is 11.8 Å². The molecular formula is C17H21N3. The molecule has 104 valence electrons. The van der Waals surface area contributed by atoms with Crippen molar-refractivity contribution in [2.75, 3.05) is 6.54 Å². The number of nitrogens with zero attached hydrogens (tertiary/aromatic N) is 2. The second-order valence-electron chi connectivity index (χ2n) is 5.61. The first-order valence-electron chi connectivity index (χ1n) is 7.42. The molecule has 0 bridgehead atoms. The van der Waals surface area contributed by atoms with E-state index in [1.54, 1.807) is 0 Å². The van der Waals surface area contributed by atoms with E-state index in [1.807, 2.05) is 12.4 Å². The third kappa shape index (κ3) is 2.34. The van der Waals surface area contributed by atoms with Gasteiger partial charge in [0.1, 0.15) is 5.82 Å². The smallest absolute Gasteiger partial charge is 0.138 e. The van der Waals surface area contributed by atoms with E-state index in [9.17, 15) is 0 Å². The number of rotatable bonds is 4. The van der Waals surface area contributed by atoms with Gasteiger partial charge in [-0.2, -0.15) is 0 Å². The highest BCUT2D eigenvalue weighted by Gasteiger charge is 2.39. The molecule has 1 aromatic carbocycles. The monoisotopic (exact) mass is 267 g/mol. The zero-order valence-electron chi connectivity index (χ0n) is 11.8. The molecule has 3 nitrogen and oxygen atoms in total. The van der Waals surface area contributed by atoms with E-state index in [1.165, 1.54) is 18.4 Å². The summed E-state index contributed by atoms with van der Waals surface area (Å²) in [6, 6.07) is 10.7. The molecular weight excluding hydrogens is 246 g/mol. The summed E-state index contributed by atoms with van der Waals surface area (Å²) in [5.41, 5.74) is 8.07. The van der Waals surface area contributed by atoms with Crippen molar-refractivity contribution in [3.8, 4) is 0 Å². The lowest BCUT2D eigenvalue weighted by Crippen LogP contribution is -2.26. The summed E-state index contributed by atoms with van der Waals surface area (Å²) in [6.45, 7) is 0.645. The quantitative estimate of drug-likeness (QED) is 0.926. The van der Waals surface area contributed by atoms with Crippen molar-refractivity contribution in [1.29, 1.82) is 0 Å². The van der Waals surface area contributed by atoms with E-state index >= 15 is 0 Å². The average molecular weight is 267 g/mol. The predicted octanol–water partition coefficient (Wildman–Crippen LogP) is 2.84. The zero-order valence-corrected chi connectivity index (χ0v) is 11.8. The van der Waals surface area contributed by atoms with Crippen molar-refractivity contribution < 1.29 is 0 Å². The molecule has 3 rings (SSSR count). The molecule has 0 unspecified atom stereocenters. The molecule has 2 N–H and O–H groups in total. The average Bonchev–Trinajstić information content (AvgIpc) is 3.00. The highest BCUT2D eigenvalue weighted by Crippen LogP contribution is 2.44. The van der Waals surface area contributed by atoms with Crippen LogP contribution in [0.15, 0.2) is 42.7 Å². The third-order valence-corrected chi connectivity index (χ3v) is 4.35. The van der Waals surface area contributed by atoms with Gasteiger partial charge < -0.3 is 5.73 Å². The van der Waals surface area contributed by atoms with Gasteiger partial charge in [-0.1, -0.05) is 43.2 Å². The van der Waals surface area contributed by atoms with Gasteiger partial charge in [0.15, 0.2) is 0 Å². The first-order valence-corrected chi connectivity index (χ1v) is 7.42. The van der Waals surface area contributed by atoms with Crippen LogP contribution in [0.2, 0.25) is 0 Å². The van der Waals surface area contributed by atoms with Crippen molar-refractivity contribution in [1.82, 2.24) is 9.97 Å². The summed E-state index contributed by atoms with van der Waals surface area (Å²) >= 11 is 0. The number of hydrogen-bond donors (Lipinski definition) is 1. The summed E-state index contributed by atoms with van der Waals surface area (Å²) in [5, 5.41) is 0. The Morgan fingerprint density at radius 2 is 1.65 bits per heavy atom.